The molecule has 0 spiro atoms. The molecule has 3 heterocycles. The highest BCUT2D eigenvalue weighted by Gasteiger charge is 2.22. The molecule has 1 aliphatic heterocycles. The Bertz CT molecular complexity index is 634. The van der Waals surface area contributed by atoms with Gasteiger partial charge in [-0.25, -0.2) is 9.97 Å². The average Bonchev–Trinajstić information content (AvgIpc) is 3.04. The highest BCUT2D eigenvalue weighted by atomic mass is 79.9. The summed E-state index contributed by atoms with van der Waals surface area (Å²) in [5, 5.41) is -0.126. The zero-order valence-corrected chi connectivity index (χ0v) is 14.7. The number of aromatic nitrogens is 3. The molecule has 21 heavy (non-hydrogen) atoms. The molecule has 0 aromatic carbocycles. The van der Waals surface area contributed by atoms with Crippen LogP contribution in [0.25, 0.3) is 11.2 Å². The van der Waals surface area contributed by atoms with Gasteiger partial charge in [-0.05, 0) is 61.8 Å². The van der Waals surface area contributed by atoms with Gasteiger partial charge in [0.1, 0.15) is 11.3 Å². The van der Waals surface area contributed by atoms with Crippen molar-refractivity contribution < 1.29 is 0 Å². The van der Waals surface area contributed by atoms with Crippen LogP contribution in [0.15, 0.2) is 16.7 Å². The molecular formula is C15H20BrClN4. The summed E-state index contributed by atoms with van der Waals surface area (Å²) in [6, 6.07) is 2.32. The highest BCUT2D eigenvalue weighted by molar-refractivity contribution is 9.10. The van der Waals surface area contributed by atoms with Crippen molar-refractivity contribution in [2.24, 2.45) is 0 Å². The van der Waals surface area contributed by atoms with E-state index in [-0.39, 0.29) is 5.38 Å². The molecule has 0 radical (unpaired) electrons. The third-order valence-corrected chi connectivity index (χ3v) is 4.67. The molecule has 0 bridgehead atoms. The summed E-state index contributed by atoms with van der Waals surface area (Å²) in [5.41, 5.74) is 1.83. The van der Waals surface area contributed by atoms with Gasteiger partial charge in [-0.1, -0.05) is 0 Å². The molecule has 4 nitrogen and oxygen atoms in total. The number of pyridine rings is 1. The number of likely N-dealkylation sites (tertiary alicyclic amines) is 1. The summed E-state index contributed by atoms with van der Waals surface area (Å²) in [5.74, 6) is 0.906. The summed E-state index contributed by atoms with van der Waals surface area (Å²) in [7, 11) is 0. The van der Waals surface area contributed by atoms with Crippen LogP contribution < -0.4 is 0 Å². The van der Waals surface area contributed by atoms with Gasteiger partial charge in [0, 0.05) is 23.3 Å². The first-order valence-electron chi connectivity index (χ1n) is 7.46. The van der Waals surface area contributed by atoms with E-state index >= 15 is 0 Å². The molecule has 1 fully saturated rings. The summed E-state index contributed by atoms with van der Waals surface area (Å²) >= 11 is 9.80. The monoisotopic (exact) mass is 370 g/mol. The van der Waals surface area contributed by atoms with Crippen LogP contribution in [0.2, 0.25) is 0 Å². The van der Waals surface area contributed by atoms with E-state index in [0.717, 1.165) is 28.0 Å². The first-order valence-corrected chi connectivity index (χ1v) is 8.69. The normalized spacial score (nSPS) is 19.2. The van der Waals surface area contributed by atoms with Gasteiger partial charge >= 0.3 is 0 Å². The first kappa shape index (κ1) is 15.3. The molecule has 0 N–H and O–H groups in total. The van der Waals surface area contributed by atoms with E-state index in [1.807, 2.05) is 19.2 Å². The van der Waals surface area contributed by atoms with Crippen LogP contribution >= 0.6 is 27.5 Å². The molecule has 2 aromatic heterocycles. The minimum Gasteiger partial charge on any atom is -0.307 e. The van der Waals surface area contributed by atoms with Crippen LogP contribution in [0.3, 0.4) is 0 Å². The molecule has 6 heteroatoms. The van der Waals surface area contributed by atoms with E-state index in [4.69, 9.17) is 11.6 Å². The summed E-state index contributed by atoms with van der Waals surface area (Å²) < 4.78 is 3.15. The van der Waals surface area contributed by atoms with Crippen LogP contribution in [0.5, 0.6) is 0 Å². The van der Waals surface area contributed by atoms with Crippen LogP contribution in [-0.4, -0.2) is 39.1 Å². The highest BCUT2D eigenvalue weighted by Crippen LogP contribution is 2.29. The molecule has 0 saturated carbocycles. The van der Waals surface area contributed by atoms with E-state index in [2.05, 4.69) is 42.3 Å². The van der Waals surface area contributed by atoms with Crippen molar-refractivity contribution in [1.29, 1.82) is 0 Å². The lowest BCUT2D eigenvalue weighted by atomic mass is 10.3. The molecule has 2 aromatic rings. The number of rotatable bonds is 4. The molecule has 3 rings (SSSR count). The molecule has 114 valence electrons. The quantitative estimate of drug-likeness (QED) is 0.757. The third-order valence-electron chi connectivity index (χ3n) is 4.04. The molecular weight excluding hydrogens is 352 g/mol. The number of imidazole rings is 1. The van der Waals surface area contributed by atoms with Crippen LogP contribution in [-0.2, 0) is 0 Å². The standard InChI is InChI=1S/C15H20BrClN4/c1-10(9-20-5-3-4-6-20)21-14(11(2)17)19-13-7-12(16)8-18-15(13)21/h7-8,10-11H,3-6,9H2,1-2H3. The van der Waals surface area contributed by atoms with Crippen molar-refractivity contribution in [3.05, 3.63) is 22.6 Å². The lowest BCUT2D eigenvalue weighted by molar-refractivity contribution is 0.287. The van der Waals surface area contributed by atoms with Crippen LogP contribution in [0.4, 0.5) is 0 Å². The Kier molecular flexibility index (Phi) is 4.52. The van der Waals surface area contributed by atoms with E-state index in [0.29, 0.717) is 6.04 Å². The van der Waals surface area contributed by atoms with Crippen molar-refractivity contribution >= 4 is 38.7 Å². The van der Waals surface area contributed by atoms with Gasteiger partial charge in [0.15, 0.2) is 5.65 Å². The Morgan fingerprint density at radius 1 is 1.33 bits per heavy atom. The predicted octanol–water partition coefficient (Wildman–Crippen LogP) is 4.15. The van der Waals surface area contributed by atoms with Crippen molar-refractivity contribution in [3.63, 3.8) is 0 Å². The number of halogens is 2. The average molecular weight is 372 g/mol. The van der Waals surface area contributed by atoms with E-state index in [9.17, 15) is 0 Å². The van der Waals surface area contributed by atoms with Gasteiger partial charge in [0.2, 0.25) is 0 Å². The fraction of sp³-hybridized carbons (Fsp3) is 0.600. The zero-order valence-electron chi connectivity index (χ0n) is 12.4. The molecule has 0 aliphatic carbocycles. The Morgan fingerprint density at radius 2 is 2.05 bits per heavy atom. The number of hydrogen-bond acceptors (Lipinski definition) is 3. The van der Waals surface area contributed by atoms with E-state index in [1.54, 1.807) is 0 Å². The fourth-order valence-electron chi connectivity index (χ4n) is 3.11. The first-order chi connectivity index (χ1) is 10.1. The summed E-state index contributed by atoms with van der Waals surface area (Å²) in [6.07, 6.45) is 4.44. The lowest BCUT2D eigenvalue weighted by Crippen LogP contribution is -2.28. The summed E-state index contributed by atoms with van der Waals surface area (Å²) in [6.45, 7) is 7.62. The van der Waals surface area contributed by atoms with Crippen LogP contribution in [0, 0.1) is 0 Å². The molecule has 2 unspecified atom stereocenters. The second-order valence-corrected chi connectivity index (χ2v) is 7.38. The van der Waals surface area contributed by atoms with Crippen molar-refractivity contribution in [2.45, 2.75) is 38.1 Å². The SMILES string of the molecule is CC(Cl)c1nc2cc(Br)cnc2n1C(C)CN1CCCC1. The Hall–Kier alpha value is -0.650. The smallest absolute Gasteiger partial charge is 0.160 e. The molecule has 2 atom stereocenters. The van der Waals surface area contributed by atoms with E-state index < -0.39 is 0 Å². The van der Waals surface area contributed by atoms with Crippen molar-refractivity contribution in [1.82, 2.24) is 19.4 Å². The number of nitrogens with zero attached hydrogens (tertiary/aromatic N) is 4. The van der Waals surface area contributed by atoms with Crippen molar-refractivity contribution in [3.8, 4) is 0 Å². The van der Waals surface area contributed by atoms with E-state index in [1.165, 1.54) is 25.9 Å². The second kappa shape index (κ2) is 6.23. The van der Waals surface area contributed by atoms with Crippen LogP contribution in [0.1, 0.15) is 43.9 Å². The molecule has 0 amide bonds. The number of alkyl halides is 1. The maximum absolute atomic E-state index is 6.34. The zero-order chi connectivity index (χ0) is 15.0. The number of fused-ring (bicyclic) bond motifs is 1. The predicted molar refractivity (Wildman–Crippen MR) is 89.9 cm³/mol. The molecule has 1 aliphatic rings. The lowest BCUT2D eigenvalue weighted by Gasteiger charge is -2.23. The maximum atomic E-state index is 6.34. The second-order valence-electron chi connectivity index (χ2n) is 5.81. The number of hydrogen-bond donors (Lipinski definition) is 0. The summed E-state index contributed by atoms with van der Waals surface area (Å²) in [4.78, 5) is 11.8. The Labute approximate surface area is 138 Å². The van der Waals surface area contributed by atoms with Gasteiger partial charge in [-0.2, -0.15) is 0 Å². The Balaban J connectivity index is 1.99. The van der Waals surface area contributed by atoms with Gasteiger partial charge < -0.3 is 9.47 Å². The largest absolute Gasteiger partial charge is 0.307 e. The van der Waals surface area contributed by atoms with Gasteiger partial charge in [0.25, 0.3) is 0 Å². The Morgan fingerprint density at radius 3 is 2.71 bits per heavy atom. The minimum absolute atomic E-state index is 0.126. The molecule has 1 saturated heterocycles. The fourth-order valence-corrected chi connectivity index (χ4v) is 3.58. The maximum Gasteiger partial charge on any atom is 0.160 e. The minimum atomic E-state index is -0.126. The van der Waals surface area contributed by atoms with Crippen molar-refractivity contribution in [2.75, 3.05) is 19.6 Å². The van der Waals surface area contributed by atoms with Gasteiger partial charge in [0.05, 0.1) is 5.38 Å². The van der Waals surface area contributed by atoms with Gasteiger partial charge in [-0.3, -0.25) is 0 Å². The topological polar surface area (TPSA) is 34.0 Å². The third kappa shape index (κ3) is 3.10. The van der Waals surface area contributed by atoms with Gasteiger partial charge in [-0.15, -0.1) is 11.6 Å².